The number of rotatable bonds is 5. The molecule has 1 fully saturated rings. The van der Waals surface area contributed by atoms with E-state index in [1.165, 1.54) is 11.3 Å². The smallest absolute Gasteiger partial charge is 0.311 e. The van der Waals surface area contributed by atoms with Crippen molar-refractivity contribution >= 4 is 17.3 Å². The van der Waals surface area contributed by atoms with Gasteiger partial charge in [-0.25, -0.2) is 15.0 Å². The molecule has 22 heavy (non-hydrogen) atoms. The van der Waals surface area contributed by atoms with Crippen molar-refractivity contribution in [2.24, 2.45) is 0 Å². The van der Waals surface area contributed by atoms with Gasteiger partial charge in [-0.3, -0.25) is 4.79 Å². The predicted molar refractivity (Wildman–Crippen MR) is 81.4 cm³/mol. The molecule has 1 atom stereocenters. The lowest BCUT2D eigenvalue weighted by Gasteiger charge is -2.21. The van der Waals surface area contributed by atoms with E-state index in [0.29, 0.717) is 23.1 Å². The Bertz CT molecular complexity index is 612. The Balaban J connectivity index is 1.50. The average molecular weight is 319 g/mol. The number of hydrogen-bond donors (Lipinski definition) is 0. The van der Waals surface area contributed by atoms with Gasteiger partial charge in [0.2, 0.25) is 0 Å². The van der Waals surface area contributed by atoms with E-state index in [1.54, 1.807) is 18.5 Å². The maximum Gasteiger partial charge on any atom is 0.311 e. The van der Waals surface area contributed by atoms with Crippen molar-refractivity contribution in [3.63, 3.8) is 0 Å². The lowest BCUT2D eigenvalue weighted by Crippen LogP contribution is -2.26. The average Bonchev–Trinajstić information content (AvgIpc) is 3.03. The first-order valence-electron chi connectivity index (χ1n) is 7.30. The van der Waals surface area contributed by atoms with E-state index in [1.807, 2.05) is 5.38 Å². The van der Waals surface area contributed by atoms with Crippen molar-refractivity contribution in [2.45, 2.75) is 31.8 Å². The molecule has 0 aromatic carbocycles. The van der Waals surface area contributed by atoms with Crippen molar-refractivity contribution in [3.05, 3.63) is 29.5 Å². The molecule has 0 spiro atoms. The largest absolute Gasteiger partial charge is 0.463 e. The Hall–Kier alpha value is -1.86. The van der Waals surface area contributed by atoms with Gasteiger partial charge in [0.15, 0.2) is 10.8 Å². The molecule has 0 unspecified atom stereocenters. The van der Waals surface area contributed by atoms with E-state index in [0.717, 1.165) is 25.9 Å². The molecule has 3 rings (SSSR count). The molecule has 0 N–H and O–H groups in total. The highest BCUT2D eigenvalue weighted by atomic mass is 32.1. The molecule has 1 aliphatic rings. The predicted octanol–water partition coefficient (Wildman–Crippen LogP) is 2.25. The first kappa shape index (κ1) is 15.1. The molecule has 3 heterocycles. The second-order valence-electron chi connectivity index (χ2n) is 5.06. The third-order valence-electron chi connectivity index (χ3n) is 3.34. The highest BCUT2D eigenvalue weighted by molar-refractivity contribution is 7.13. The lowest BCUT2D eigenvalue weighted by molar-refractivity contribution is -0.148. The maximum atomic E-state index is 11.9. The monoisotopic (exact) mass is 319 g/mol. The van der Waals surface area contributed by atoms with Gasteiger partial charge in [-0.1, -0.05) is 0 Å². The summed E-state index contributed by atoms with van der Waals surface area (Å²) in [5.74, 6) is 0.294. The van der Waals surface area contributed by atoms with Gasteiger partial charge < -0.3 is 9.47 Å². The summed E-state index contributed by atoms with van der Waals surface area (Å²) < 4.78 is 10.8. The number of aromatic nitrogens is 3. The van der Waals surface area contributed by atoms with E-state index in [4.69, 9.17) is 9.47 Å². The van der Waals surface area contributed by atoms with Crippen LogP contribution in [0.1, 0.15) is 25.0 Å². The highest BCUT2D eigenvalue weighted by Gasteiger charge is 2.17. The molecule has 0 bridgehead atoms. The number of ether oxygens (including phenoxy) is 2. The minimum absolute atomic E-state index is 0.0430. The first-order chi connectivity index (χ1) is 10.8. The lowest BCUT2D eigenvalue weighted by atomic mass is 10.1. The number of hydrogen-bond acceptors (Lipinski definition) is 7. The Morgan fingerprint density at radius 1 is 1.36 bits per heavy atom. The summed E-state index contributed by atoms with van der Waals surface area (Å²) in [5, 5.41) is 2.54. The molecule has 0 saturated carbocycles. The van der Waals surface area contributed by atoms with E-state index < -0.39 is 0 Å². The van der Waals surface area contributed by atoms with Gasteiger partial charge in [0.05, 0.1) is 18.2 Å². The van der Waals surface area contributed by atoms with Gasteiger partial charge in [0, 0.05) is 24.4 Å². The fourth-order valence-electron chi connectivity index (χ4n) is 2.22. The Labute approximate surface area is 132 Å². The number of nitrogens with zero attached hydrogens (tertiary/aromatic N) is 3. The van der Waals surface area contributed by atoms with Crippen LogP contribution in [-0.4, -0.2) is 40.2 Å². The molecule has 7 heteroatoms. The Morgan fingerprint density at radius 3 is 3.00 bits per heavy atom. The number of thiazole rings is 1. The van der Waals surface area contributed by atoms with Crippen molar-refractivity contribution in [1.29, 1.82) is 0 Å². The molecule has 1 saturated heterocycles. The summed E-state index contributed by atoms with van der Waals surface area (Å²) in [5.41, 5.74) is 0.682. The SMILES string of the molecule is O=C(Cc1csc(-c2ncccn2)n1)OC[C@H]1CCCCO1. The van der Waals surface area contributed by atoms with Crippen molar-refractivity contribution < 1.29 is 14.3 Å². The molecule has 1 aliphatic heterocycles. The molecule has 116 valence electrons. The zero-order valence-corrected chi connectivity index (χ0v) is 12.9. The van der Waals surface area contributed by atoms with Crippen LogP contribution >= 0.6 is 11.3 Å². The van der Waals surface area contributed by atoms with Gasteiger partial charge >= 0.3 is 5.97 Å². The fourth-order valence-corrected chi connectivity index (χ4v) is 2.99. The Morgan fingerprint density at radius 2 is 2.23 bits per heavy atom. The summed E-state index contributed by atoms with van der Waals surface area (Å²) in [6.07, 6.45) is 6.73. The van der Waals surface area contributed by atoms with Crippen LogP contribution in [-0.2, 0) is 20.7 Å². The first-order valence-corrected chi connectivity index (χ1v) is 8.18. The van der Waals surface area contributed by atoms with Crippen LogP contribution in [0.2, 0.25) is 0 Å². The van der Waals surface area contributed by atoms with E-state index in [9.17, 15) is 4.79 Å². The third-order valence-corrected chi connectivity index (χ3v) is 4.23. The van der Waals surface area contributed by atoms with Gasteiger partial charge in [-0.05, 0) is 25.3 Å². The zero-order valence-electron chi connectivity index (χ0n) is 12.1. The minimum Gasteiger partial charge on any atom is -0.463 e. The standard InChI is InChI=1S/C15H17N3O3S/c19-13(21-9-12-4-1-2-7-20-12)8-11-10-22-15(18-11)14-16-5-3-6-17-14/h3,5-6,10,12H,1-2,4,7-9H2/t12-/m1/s1. The quantitative estimate of drug-likeness (QED) is 0.787. The van der Waals surface area contributed by atoms with Crippen LogP contribution in [0.25, 0.3) is 10.8 Å². The van der Waals surface area contributed by atoms with Crippen LogP contribution in [0.15, 0.2) is 23.8 Å². The van der Waals surface area contributed by atoms with Gasteiger partial charge in [-0.2, -0.15) is 0 Å². The molecular formula is C15H17N3O3S. The molecule has 0 radical (unpaired) electrons. The molecule has 0 amide bonds. The van der Waals surface area contributed by atoms with Crippen molar-refractivity contribution in [2.75, 3.05) is 13.2 Å². The van der Waals surface area contributed by atoms with Gasteiger partial charge in [0.25, 0.3) is 0 Å². The fraction of sp³-hybridized carbons (Fsp3) is 0.467. The summed E-state index contributed by atoms with van der Waals surface area (Å²) >= 11 is 1.42. The molecule has 2 aromatic heterocycles. The Kier molecular flexibility index (Phi) is 5.07. The van der Waals surface area contributed by atoms with Gasteiger partial charge in [-0.15, -0.1) is 11.3 Å². The molecule has 0 aliphatic carbocycles. The molecule has 2 aromatic rings. The normalized spacial score (nSPS) is 18.1. The van der Waals surface area contributed by atoms with Crippen molar-refractivity contribution in [3.8, 4) is 10.8 Å². The second-order valence-corrected chi connectivity index (χ2v) is 5.92. The third kappa shape index (κ3) is 4.08. The summed E-state index contributed by atoms with van der Waals surface area (Å²) in [7, 11) is 0. The minimum atomic E-state index is -0.278. The van der Waals surface area contributed by atoms with Crippen molar-refractivity contribution in [1.82, 2.24) is 15.0 Å². The van der Waals surface area contributed by atoms with Crippen LogP contribution in [0.4, 0.5) is 0 Å². The van der Waals surface area contributed by atoms with Crippen LogP contribution < -0.4 is 0 Å². The highest BCUT2D eigenvalue weighted by Crippen LogP contribution is 2.20. The summed E-state index contributed by atoms with van der Waals surface area (Å²) in [6.45, 7) is 1.09. The van der Waals surface area contributed by atoms with E-state index in [-0.39, 0.29) is 18.5 Å². The summed E-state index contributed by atoms with van der Waals surface area (Å²) in [4.78, 5) is 24.5. The van der Waals surface area contributed by atoms with E-state index in [2.05, 4.69) is 15.0 Å². The molecule has 6 nitrogen and oxygen atoms in total. The second kappa shape index (κ2) is 7.42. The van der Waals surface area contributed by atoms with E-state index >= 15 is 0 Å². The number of esters is 1. The summed E-state index contributed by atoms with van der Waals surface area (Å²) in [6, 6.07) is 1.75. The topological polar surface area (TPSA) is 74.2 Å². The number of carbonyl (C=O) groups excluding carboxylic acids is 1. The van der Waals surface area contributed by atoms with Gasteiger partial charge in [0.1, 0.15) is 6.61 Å². The van der Waals surface area contributed by atoms with Crippen LogP contribution in [0.3, 0.4) is 0 Å². The molecular weight excluding hydrogens is 302 g/mol. The number of carbonyl (C=O) groups is 1. The van der Waals surface area contributed by atoms with Crippen LogP contribution in [0.5, 0.6) is 0 Å². The zero-order chi connectivity index (χ0) is 15.2. The van der Waals surface area contributed by atoms with Crippen LogP contribution in [0, 0.1) is 0 Å². The maximum absolute atomic E-state index is 11.9.